The average Bonchev–Trinajstić information content (AvgIpc) is 2.50. The van der Waals surface area contributed by atoms with Crippen LogP contribution in [0.5, 0.6) is 0 Å². The quantitative estimate of drug-likeness (QED) is 0.171. The molecule has 0 N–H and O–H groups in total. The van der Waals surface area contributed by atoms with Crippen LogP contribution in [-0.2, 0) is 23.8 Å². The molecule has 0 aliphatic heterocycles. The SMILES string of the molecule is CCCCCCCCCCCCCCOS(=O)(=O)OOCC.[H-].[Na+]. The van der Waals surface area contributed by atoms with Gasteiger partial charge in [-0.25, -0.2) is 9.07 Å². The summed E-state index contributed by atoms with van der Waals surface area (Å²) in [5.41, 5.74) is 0. The van der Waals surface area contributed by atoms with Crippen LogP contribution in [0.1, 0.15) is 92.3 Å². The Morgan fingerprint density at radius 2 is 1.17 bits per heavy atom. The predicted octanol–water partition coefficient (Wildman–Crippen LogP) is 2.03. The second-order valence-corrected chi connectivity index (χ2v) is 6.78. The maximum atomic E-state index is 11.1. The van der Waals surface area contributed by atoms with Gasteiger partial charge in [0.2, 0.25) is 0 Å². The first-order valence-electron chi connectivity index (χ1n) is 8.82. The van der Waals surface area contributed by atoms with Crippen LogP contribution >= 0.6 is 0 Å². The summed E-state index contributed by atoms with van der Waals surface area (Å²) in [5, 5.41) is 0. The van der Waals surface area contributed by atoms with E-state index in [-0.39, 0.29) is 44.2 Å². The summed E-state index contributed by atoms with van der Waals surface area (Å²) in [6, 6.07) is 0. The van der Waals surface area contributed by atoms with Crippen molar-refractivity contribution < 1.29 is 52.8 Å². The van der Waals surface area contributed by atoms with E-state index in [2.05, 4.69) is 20.3 Å². The molecule has 0 unspecified atom stereocenters. The van der Waals surface area contributed by atoms with Crippen LogP contribution in [0.25, 0.3) is 0 Å². The molecule has 0 spiro atoms. The van der Waals surface area contributed by atoms with E-state index >= 15 is 0 Å². The minimum absolute atomic E-state index is 0. The van der Waals surface area contributed by atoms with Crippen LogP contribution in [0.15, 0.2) is 0 Å². The Hall–Kier alpha value is 0.830. The van der Waals surface area contributed by atoms with Gasteiger partial charge in [0.15, 0.2) is 0 Å². The van der Waals surface area contributed by atoms with Crippen LogP contribution in [0, 0.1) is 0 Å². The molecule has 0 aromatic rings. The van der Waals surface area contributed by atoms with E-state index in [1.807, 2.05) is 0 Å². The summed E-state index contributed by atoms with van der Waals surface area (Å²) in [5.74, 6) is 0. The van der Waals surface area contributed by atoms with Crippen molar-refractivity contribution in [2.45, 2.75) is 90.9 Å². The van der Waals surface area contributed by atoms with Gasteiger partial charge in [-0.3, -0.25) is 0 Å². The van der Waals surface area contributed by atoms with Crippen molar-refractivity contribution in [1.29, 1.82) is 0 Å². The van der Waals surface area contributed by atoms with Gasteiger partial charge in [0.1, 0.15) is 0 Å². The third-order valence-corrected chi connectivity index (χ3v) is 4.19. The van der Waals surface area contributed by atoms with Gasteiger partial charge in [0.25, 0.3) is 0 Å². The Kier molecular flexibility index (Phi) is 21.7. The van der Waals surface area contributed by atoms with E-state index in [4.69, 9.17) is 0 Å². The van der Waals surface area contributed by atoms with Gasteiger partial charge in [-0.15, -0.1) is 0 Å². The van der Waals surface area contributed by atoms with E-state index in [1.54, 1.807) is 6.92 Å². The minimum Gasteiger partial charge on any atom is -1.00 e. The molecule has 0 fully saturated rings. The van der Waals surface area contributed by atoms with Crippen LogP contribution in [-0.4, -0.2) is 21.6 Å². The molecule has 23 heavy (non-hydrogen) atoms. The van der Waals surface area contributed by atoms with Gasteiger partial charge in [-0.1, -0.05) is 81.9 Å². The summed E-state index contributed by atoms with van der Waals surface area (Å²) in [6.45, 7) is 4.21. The van der Waals surface area contributed by atoms with Gasteiger partial charge < -0.3 is 1.43 Å². The number of hydrogen-bond donors (Lipinski definition) is 0. The van der Waals surface area contributed by atoms with E-state index in [0.717, 1.165) is 19.3 Å². The van der Waals surface area contributed by atoms with Crippen molar-refractivity contribution in [2.24, 2.45) is 0 Å². The number of unbranched alkanes of at least 4 members (excludes halogenated alkanes) is 11. The van der Waals surface area contributed by atoms with Crippen molar-refractivity contribution in [3.05, 3.63) is 0 Å². The summed E-state index contributed by atoms with van der Waals surface area (Å²) in [4.78, 5) is 4.35. The molecule has 0 amide bonds. The Bertz CT molecular complexity index is 328. The normalized spacial score (nSPS) is 11.4. The fourth-order valence-corrected chi connectivity index (χ4v) is 2.81. The van der Waals surface area contributed by atoms with Crippen LogP contribution in [0.3, 0.4) is 0 Å². The molecule has 5 nitrogen and oxygen atoms in total. The Labute approximate surface area is 166 Å². The molecule has 0 bridgehead atoms. The summed E-state index contributed by atoms with van der Waals surface area (Å²) in [7, 11) is -3.98. The standard InChI is InChI=1S/C16H34O5S.Na.H/c1-3-5-6-7-8-9-10-11-12-13-14-15-16-20-22(17,18)21-19-4-2;;/h3-16H2,1-2H3;;/q;+1;-1. The number of hydrogen-bond acceptors (Lipinski definition) is 5. The summed E-state index contributed by atoms with van der Waals surface area (Å²) < 4.78 is 31.0. The van der Waals surface area contributed by atoms with Crippen molar-refractivity contribution in [3.63, 3.8) is 0 Å². The topological polar surface area (TPSA) is 61.8 Å². The first-order valence-corrected chi connectivity index (χ1v) is 10.2. The molecule has 0 saturated carbocycles. The van der Waals surface area contributed by atoms with E-state index < -0.39 is 10.4 Å². The van der Waals surface area contributed by atoms with Crippen molar-refractivity contribution >= 4 is 10.4 Å². The molecule has 0 heterocycles. The zero-order valence-corrected chi connectivity index (χ0v) is 18.2. The molecule has 0 aromatic heterocycles. The molecular weight excluding hydrogens is 327 g/mol. The maximum absolute atomic E-state index is 11.1. The largest absolute Gasteiger partial charge is 1.00 e. The van der Waals surface area contributed by atoms with E-state index in [9.17, 15) is 8.42 Å². The maximum Gasteiger partial charge on any atom is 1.00 e. The van der Waals surface area contributed by atoms with Gasteiger partial charge in [-0.2, -0.15) is 8.42 Å². The van der Waals surface area contributed by atoms with Crippen molar-refractivity contribution in [2.75, 3.05) is 13.2 Å². The predicted molar refractivity (Wildman–Crippen MR) is 89.8 cm³/mol. The van der Waals surface area contributed by atoms with Gasteiger partial charge in [-0.05, 0) is 13.3 Å². The Morgan fingerprint density at radius 3 is 1.61 bits per heavy atom. The van der Waals surface area contributed by atoms with E-state index in [0.29, 0.717) is 0 Å². The minimum atomic E-state index is -3.98. The third-order valence-electron chi connectivity index (χ3n) is 3.47. The first-order chi connectivity index (χ1) is 10.6. The zero-order chi connectivity index (χ0) is 16.5. The Morgan fingerprint density at radius 1 is 0.739 bits per heavy atom. The fourth-order valence-electron chi connectivity index (χ4n) is 2.23. The molecule has 7 heteroatoms. The van der Waals surface area contributed by atoms with Gasteiger partial charge >= 0.3 is 40.0 Å². The zero-order valence-electron chi connectivity index (χ0n) is 16.3. The molecule has 0 aliphatic carbocycles. The number of rotatable bonds is 17. The average molecular weight is 363 g/mol. The fraction of sp³-hybridized carbons (Fsp3) is 1.00. The first kappa shape index (κ1) is 26.1. The smallest absolute Gasteiger partial charge is 1.00 e. The Balaban J connectivity index is -0.00000220. The molecule has 0 radical (unpaired) electrons. The van der Waals surface area contributed by atoms with Crippen LogP contribution < -0.4 is 29.6 Å². The molecule has 0 atom stereocenters. The van der Waals surface area contributed by atoms with E-state index in [1.165, 1.54) is 57.8 Å². The molecule has 0 aromatic carbocycles. The summed E-state index contributed by atoms with van der Waals surface area (Å²) in [6.07, 6.45) is 14.8. The van der Waals surface area contributed by atoms with Crippen LogP contribution in [0.4, 0.5) is 0 Å². The monoisotopic (exact) mass is 362 g/mol. The molecule has 0 saturated heterocycles. The third kappa shape index (κ3) is 20.8. The molecule has 136 valence electrons. The van der Waals surface area contributed by atoms with Crippen molar-refractivity contribution in [1.82, 2.24) is 0 Å². The summed E-state index contributed by atoms with van der Waals surface area (Å²) >= 11 is 0. The van der Waals surface area contributed by atoms with Gasteiger partial charge in [0.05, 0.1) is 13.2 Å². The second kappa shape index (κ2) is 19.2. The van der Waals surface area contributed by atoms with Crippen LogP contribution in [0.2, 0.25) is 0 Å². The second-order valence-electron chi connectivity index (χ2n) is 5.59. The van der Waals surface area contributed by atoms with Crippen molar-refractivity contribution in [3.8, 4) is 0 Å². The molecule has 0 rings (SSSR count). The molecule has 0 aliphatic rings. The molecular formula is C16H35NaO5S. The van der Waals surface area contributed by atoms with Gasteiger partial charge in [0, 0.05) is 0 Å².